The highest BCUT2D eigenvalue weighted by Gasteiger charge is 2.42. The molecule has 2 amide bonds. The number of carbonyl (C=O) groups is 2. The lowest BCUT2D eigenvalue weighted by Crippen LogP contribution is -2.48. The monoisotopic (exact) mass is 274 g/mol. The fraction of sp³-hybridized carbons (Fsp3) is 0.833. The average Bonchev–Trinajstić information content (AvgIpc) is 3.05. The summed E-state index contributed by atoms with van der Waals surface area (Å²) in [7, 11) is 0. The highest BCUT2D eigenvalue weighted by molar-refractivity contribution is 8.00. The molecule has 0 saturated heterocycles. The molecular formula is C12H22N2O3S. The van der Waals surface area contributed by atoms with E-state index in [4.69, 9.17) is 5.11 Å². The first-order chi connectivity index (χ1) is 8.38. The van der Waals surface area contributed by atoms with Crippen LogP contribution in [0.5, 0.6) is 0 Å². The first-order valence-electron chi connectivity index (χ1n) is 6.21. The van der Waals surface area contributed by atoms with Gasteiger partial charge >= 0.3 is 12.0 Å². The average molecular weight is 274 g/mol. The van der Waals surface area contributed by atoms with E-state index < -0.39 is 12.0 Å². The van der Waals surface area contributed by atoms with Crippen molar-refractivity contribution >= 4 is 23.8 Å². The Bertz CT molecular complexity index is 316. The van der Waals surface area contributed by atoms with Crippen LogP contribution in [0.3, 0.4) is 0 Å². The van der Waals surface area contributed by atoms with E-state index in [0.29, 0.717) is 13.0 Å². The van der Waals surface area contributed by atoms with Crippen LogP contribution in [-0.4, -0.2) is 40.7 Å². The van der Waals surface area contributed by atoms with E-state index in [1.807, 2.05) is 20.1 Å². The molecule has 0 aromatic rings. The molecule has 1 aliphatic carbocycles. The molecule has 1 fully saturated rings. The third kappa shape index (κ3) is 4.76. The highest BCUT2D eigenvalue weighted by Crippen LogP contribution is 2.46. The molecule has 0 spiro atoms. The Morgan fingerprint density at radius 2 is 2.00 bits per heavy atom. The molecule has 3 N–H and O–H groups in total. The molecule has 0 bridgehead atoms. The second kappa shape index (κ2) is 6.31. The first kappa shape index (κ1) is 15.1. The lowest BCUT2D eigenvalue weighted by Gasteiger charge is -2.18. The van der Waals surface area contributed by atoms with Gasteiger partial charge in [-0.05, 0) is 31.4 Å². The lowest BCUT2D eigenvalue weighted by molar-refractivity contribution is -0.139. The standard InChI is InChI=1S/C12H22N2O3S/c1-8(2)6-9(10(15)16)14-11(17)13-7-12(18-3)4-5-12/h8-9H,4-7H2,1-3H3,(H,15,16)(H2,13,14,17). The topological polar surface area (TPSA) is 78.4 Å². The molecule has 18 heavy (non-hydrogen) atoms. The van der Waals surface area contributed by atoms with E-state index in [9.17, 15) is 9.59 Å². The smallest absolute Gasteiger partial charge is 0.326 e. The van der Waals surface area contributed by atoms with Crippen molar-refractivity contribution in [1.29, 1.82) is 0 Å². The minimum atomic E-state index is -0.982. The minimum absolute atomic E-state index is 0.189. The van der Waals surface area contributed by atoms with Gasteiger partial charge in [-0.3, -0.25) is 0 Å². The zero-order chi connectivity index (χ0) is 13.8. The number of carboxylic acids is 1. The van der Waals surface area contributed by atoms with Crippen molar-refractivity contribution in [1.82, 2.24) is 10.6 Å². The molecule has 1 rings (SSSR count). The second-order valence-corrected chi connectivity index (χ2v) is 6.51. The van der Waals surface area contributed by atoms with Crippen molar-refractivity contribution in [3.63, 3.8) is 0 Å². The number of carboxylic acid groups (broad SMARTS) is 1. The fourth-order valence-corrected chi connectivity index (χ4v) is 2.46. The summed E-state index contributed by atoms with van der Waals surface area (Å²) >= 11 is 1.76. The van der Waals surface area contributed by atoms with E-state index in [1.165, 1.54) is 0 Å². The molecule has 6 heteroatoms. The number of urea groups is 1. The number of rotatable bonds is 7. The van der Waals surface area contributed by atoms with Crippen LogP contribution in [0.25, 0.3) is 0 Å². The van der Waals surface area contributed by atoms with Crippen LogP contribution in [0.4, 0.5) is 4.79 Å². The molecule has 0 radical (unpaired) electrons. The van der Waals surface area contributed by atoms with Gasteiger partial charge in [-0.15, -0.1) is 0 Å². The number of aliphatic carboxylic acids is 1. The van der Waals surface area contributed by atoms with Gasteiger partial charge in [0.2, 0.25) is 0 Å². The fourth-order valence-electron chi connectivity index (χ4n) is 1.74. The number of nitrogens with one attached hydrogen (secondary N) is 2. The van der Waals surface area contributed by atoms with Gasteiger partial charge in [0, 0.05) is 11.3 Å². The number of thioether (sulfide) groups is 1. The maximum Gasteiger partial charge on any atom is 0.326 e. The minimum Gasteiger partial charge on any atom is -0.480 e. The maximum absolute atomic E-state index is 11.6. The van der Waals surface area contributed by atoms with Crippen LogP contribution in [0.1, 0.15) is 33.1 Å². The van der Waals surface area contributed by atoms with E-state index in [2.05, 4.69) is 10.6 Å². The number of amides is 2. The van der Waals surface area contributed by atoms with Crippen molar-refractivity contribution in [2.24, 2.45) is 5.92 Å². The Labute approximate surface area is 112 Å². The summed E-state index contributed by atoms with van der Waals surface area (Å²) in [6.45, 7) is 4.47. The van der Waals surface area contributed by atoms with Crippen LogP contribution >= 0.6 is 11.8 Å². The van der Waals surface area contributed by atoms with Crippen molar-refractivity contribution in [2.45, 2.75) is 43.9 Å². The third-order valence-corrected chi connectivity index (χ3v) is 4.54. The van der Waals surface area contributed by atoms with Crippen molar-refractivity contribution in [3.8, 4) is 0 Å². The molecule has 1 aliphatic rings. The molecule has 0 heterocycles. The maximum atomic E-state index is 11.6. The van der Waals surface area contributed by atoms with E-state index in [0.717, 1.165) is 12.8 Å². The molecule has 1 atom stereocenters. The van der Waals surface area contributed by atoms with Gasteiger partial charge in [0.25, 0.3) is 0 Å². The summed E-state index contributed by atoms with van der Waals surface area (Å²) in [5, 5.41) is 14.3. The Hall–Kier alpha value is -0.910. The zero-order valence-electron chi connectivity index (χ0n) is 11.2. The van der Waals surface area contributed by atoms with Gasteiger partial charge in [0.1, 0.15) is 6.04 Å². The Kier molecular flexibility index (Phi) is 5.31. The van der Waals surface area contributed by atoms with Gasteiger partial charge in [0.15, 0.2) is 0 Å². The summed E-state index contributed by atoms with van der Waals surface area (Å²) in [6.07, 6.45) is 4.70. The van der Waals surface area contributed by atoms with Gasteiger partial charge in [-0.25, -0.2) is 9.59 Å². The van der Waals surface area contributed by atoms with Gasteiger partial charge < -0.3 is 15.7 Å². The first-order valence-corrected chi connectivity index (χ1v) is 7.43. The number of carbonyl (C=O) groups excluding carboxylic acids is 1. The number of hydrogen-bond donors (Lipinski definition) is 3. The van der Waals surface area contributed by atoms with E-state index in [1.54, 1.807) is 11.8 Å². The van der Waals surface area contributed by atoms with Crippen LogP contribution in [0, 0.1) is 5.92 Å². The molecule has 0 aromatic carbocycles. The molecule has 5 nitrogen and oxygen atoms in total. The predicted molar refractivity (Wildman–Crippen MR) is 72.9 cm³/mol. The molecule has 0 aromatic heterocycles. The summed E-state index contributed by atoms with van der Waals surface area (Å²) in [6, 6.07) is -1.20. The summed E-state index contributed by atoms with van der Waals surface area (Å²) in [5.41, 5.74) is 0. The van der Waals surface area contributed by atoms with Crippen LogP contribution in [-0.2, 0) is 4.79 Å². The van der Waals surface area contributed by atoms with Crippen molar-refractivity contribution < 1.29 is 14.7 Å². The third-order valence-electron chi connectivity index (χ3n) is 3.12. The second-order valence-electron chi connectivity index (χ2n) is 5.23. The van der Waals surface area contributed by atoms with Gasteiger partial charge in [-0.1, -0.05) is 13.8 Å². The summed E-state index contributed by atoms with van der Waals surface area (Å²) in [4.78, 5) is 22.6. The summed E-state index contributed by atoms with van der Waals surface area (Å²) in [5.74, 6) is -0.753. The highest BCUT2D eigenvalue weighted by atomic mass is 32.2. The van der Waals surface area contributed by atoms with Crippen LogP contribution in [0.15, 0.2) is 0 Å². The van der Waals surface area contributed by atoms with E-state index in [-0.39, 0.29) is 16.7 Å². The summed E-state index contributed by atoms with van der Waals surface area (Å²) < 4.78 is 0.189. The normalized spacial score (nSPS) is 18.2. The lowest BCUT2D eigenvalue weighted by atomic mass is 10.0. The molecule has 1 saturated carbocycles. The SMILES string of the molecule is CSC1(CNC(=O)NC(CC(C)C)C(=O)O)CC1. The Morgan fingerprint density at radius 3 is 2.39 bits per heavy atom. The molecular weight excluding hydrogens is 252 g/mol. The van der Waals surface area contributed by atoms with Crippen LogP contribution in [0.2, 0.25) is 0 Å². The Balaban J connectivity index is 2.34. The van der Waals surface area contributed by atoms with Crippen molar-refractivity contribution in [2.75, 3.05) is 12.8 Å². The molecule has 0 aliphatic heterocycles. The Morgan fingerprint density at radius 1 is 1.39 bits per heavy atom. The van der Waals surface area contributed by atoms with Gasteiger partial charge in [-0.2, -0.15) is 11.8 Å². The molecule has 104 valence electrons. The van der Waals surface area contributed by atoms with Gasteiger partial charge in [0.05, 0.1) is 0 Å². The predicted octanol–water partition coefficient (Wildman–Crippen LogP) is 1.68. The largest absolute Gasteiger partial charge is 0.480 e. The zero-order valence-corrected chi connectivity index (χ0v) is 12.0. The molecule has 1 unspecified atom stereocenters. The van der Waals surface area contributed by atoms with Crippen LogP contribution < -0.4 is 10.6 Å². The van der Waals surface area contributed by atoms with Crippen molar-refractivity contribution in [3.05, 3.63) is 0 Å². The quantitative estimate of drug-likeness (QED) is 0.660. The number of hydrogen-bond acceptors (Lipinski definition) is 3. The van der Waals surface area contributed by atoms with E-state index >= 15 is 0 Å².